The third-order valence-corrected chi connectivity index (χ3v) is 3.26. The minimum absolute atomic E-state index is 0.0709. The summed E-state index contributed by atoms with van der Waals surface area (Å²) in [5, 5.41) is 7.93. The minimum Gasteiger partial charge on any atom is -0.370 e. The van der Waals surface area contributed by atoms with Crippen molar-refractivity contribution < 1.29 is 13.2 Å². The van der Waals surface area contributed by atoms with E-state index in [4.69, 9.17) is 5.41 Å². The molecule has 1 fully saturated rings. The highest BCUT2D eigenvalue weighted by atomic mass is 19.4. The molecule has 1 aliphatic heterocycles. The lowest BCUT2D eigenvalue weighted by Crippen LogP contribution is -2.40. The van der Waals surface area contributed by atoms with Gasteiger partial charge in [0.25, 0.3) is 0 Å². The zero-order chi connectivity index (χ0) is 14.6. The maximum absolute atomic E-state index is 12.6. The Kier molecular flexibility index (Phi) is 4.97. The number of halogens is 3. The average molecular weight is 272 g/mol. The Hall–Kier alpha value is -1.52. The Morgan fingerprint density at radius 1 is 1.32 bits per heavy atom. The van der Waals surface area contributed by atoms with Crippen molar-refractivity contribution in [2.75, 3.05) is 13.1 Å². The number of nitrogens with zero attached hydrogens (tertiary/aromatic N) is 1. The van der Waals surface area contributed by atoms with Gasteiger partial charge in [0.15, 0.2) is 0 Å². The van der Waals surface area contributed by atoms with Gasteiger partial charge in [-0.2, -0.15) is 13.2 Å². The van der Waals surface area contributed by atoms with E-state index in [9.17, 15) is 13.2 Å². The van der Waals surface area contributed by atoms with Gasteiger partial charge in [0.1, 0.15) is 0 Å². The molecule has 1 heterocycles. The molecule has 0 amide bonds. The summed E-state index contributed by atoms with van der Waals surface area (Å²) in [6.45, 7) is 9.60. The minimum atomic E-state index is -4.11. The van der Waals surface area contributed by atoms with Crippen molar-refractivity contribution in [2.24, 2.45) is 5.92 Å². The van der Waals surface area contributed by atoms with Crippen LogP contribution in [0.3, 0.4) is 0 Å². The molecule has 0 aromatic heterocycles. The first-order valence-electron chi connectivity index (χ1n) is 6.16. The van der Waals surface area contributed by atoms with Gasteiger partial charge >= 0.3 is 6.18 Å². The van der Waals surface area contributed by atoms with Crippen LogP contribution in [0.4, 0.5) is 13.2 Å². The van der Waals surface area contributed by atoms with Crippen LogP contribution in [0.25, 0.3) is 0 Å². The molecular formula is C14H19F3N2. The van der Waals surface area contributed by atoms with Gasteiger partial charge in [-0.15, -0.1) is 0 Å². The van der Waals surface area contributed by atoms with Crippen molar-refractivity contribution in [2.45, 2.75) is 25.9 Å². The number of alkyl halides is 3. The fourth-order valence-corrected chi connectivity index (χ4v) is 2.12. The second kappa shape index (κ2) is 6.08. The summed E-state index contributed by atoms with van der Waals surface area (Å²) in [7, 11) is 0. The molecule has 0 bridgehead atoms. The summed E-state index contributed by atoms with van der Waals surface area (Å²) in [6.07, 6.45) is -0.771. The van der Waals surface area contributed by atoms with E-state index in [1.54, 1.807) is 24.0 Å². The van der Waals surface area contributed by atoms with Crippen molar-refractivity contribution in [1.82, 2.24) is 4.90 Å². The fraction of sp³-hybridized carbons (Fsp3) is 0.500. The summed E-state index contributed by atoms with van der Waals surface area (Å²) in [6, 6.07) is 0. The highest BCUT2D eigenvalue weighted by molar-refractivity contribution is 6.09. The topological polar surface area (TPSA) is 27.1 Å². The molecule has 5 heteroatoms. The van der Waals surface area contributed by atoms with Gasteiger partial charge in [-0.05, 0) is 31.4 Å². The van der Waals surface area contributed by atoms with Crippen LogP contribution in [0, 0.1) is 11.3 Å². The van der Waals surface area contributed by atoms with Crippen molar-refractivity contribution in [1.29, 1.82) is 5.41 Å². The number of hydrogen-bond donors (Lipinski definition) is 1. The molecule has 0 radical (unpaired) electrons. The van der Waals surface area contributed by atoms with Crippen molar-refractivity contribution in [3.05, 3.63) is 36.6 Å². The van der Waals surface area contributed by atoms with E-state index >= 15 is 0 Å². The van der Waals surface area contributed by atoms with E-state index in [2.05, 4.69) is 13.2 Å². The molecule has 1 aliphatic rings. The SMILES string of the molecule is C=C/C=C(\C(=N)C(=C)C)N1CCC(C(F)(F)F)CC1. The first kappa shape index (κ1) is 15.5. The molecule has 106 valence electrons. The zero-order valence-corrected chi connectivity index (χ0v) is 11.1. The molecule has 1 N–H and O–H groups in total. The smallest absolute Gasteiger partial charge is 0.370 e. The van der Waals surface area contributed by atoms with Crippen molar-refractivity contribution in [3.8, 4) is 0 Å². The van der Waals surface area contributed by atoms with Gasteiger partial charge in [-0.3, -0.25) is 5.41 Å². The van der Waals surface area contributed by atoms with Crippen LogP contribution < -0.4 is 0 Å². The maximum atomic E-state index is 12.6. The summed E-state index contributed by atoms with van der Waals surface area (Å²) in [5.41, 5.74) is 1.44. The Labute approximate surface area is 111 Å². The van der Waals surface area contributed by atoms with Crippen LogP contribution in [0.15, 0.2) is 36.6 Å². The van der Waals surface area contributed by atoms with Crippen LogP contribution in [-0.2, 0) is 0 Å². The standard InChI is InChI=1S/C14H19F3N2/c1-4-5-12(13(18)10(2)3)19-8-6-11(7-9-19)14(15,16)17/h4-5,11,18H,1-2,6-9H2,3H3/b12-5+,18-13?. The predicted octanol–water partition coefficient (Wildman–Crippen LogP) is 3.93. The molecule has 0 unspecified atom stereocenters. The Morgan fingerprint density at radius 2 is 1.84 bits per heavy atom. The second-order valence-corrected chi connectivity index (χ2v) is 4.75. The van der Waals surface area contributed by atoms with Gasteiger partial charge < -0.3 is 4.90 Å². The van der Waals surface area contributed by atoms with Crippen LogP contribution in [0.1, 0.15) is 19.8 Å². The molecule has 1 saturated heterocycles. The van der Waals surface area contributed by atoms with E-state index in [1.807, 2.05) is 0 Å². The molecular weight excluding hydrogens is 253 g/mol. The van der Waals surface area contributed by atoms with Gasteiger partial charge in [0.05, 0.1) is 17.3 Å². The molecule has 0 aromatic rings. The Bertz CT molecular complexity index is 399. The molecule has 19 heavy (non-hydrogen) atoms. The lowest BCUT2D eigenvalue weighted by Gasteiger charge is -2.36. The van der Waals surface area contributed by atoms with Crippen LogP contribution in [0.2, 0.25) is 0 Å². The van der Waals surface area contributed by atoms with Crippen LogP contribution in [-0.4, -0.2) is 29.9 Å². The van der Waals surface area contributed by atoms with Gasteiger partial charge in [-0.25, -0.2) is 0 Å². The summed E-state index contributed by atoms with van der Waals surface area (Å²) in [5.74, 6) is -1.23. The van der Waals surface area contributed by atoms with Crippen molar-refractivity contribution >= 4 is 5.71 Å². The van der Waals surface area contributed by atoms with Gasteiger partial charge in [-0.1, -0.05) is 19.2 Å². The summed E-state index contributed by atoms with van der Waals surface area (Å²) >= 11 is 0. The number of hydrogen-bond acceptors (Lipinski definition) is 2. The highest BCUT2D eigenvalue weighted by Gasteiger charge is 2.41. The highest BCUT2D eigenvalue weighted by Crippen LogP contribution is 2.35. The van der Waals surface area contributed by atoms with Gasteiger partial charge in [0.2, 0.25) is 0 Å². The second-order valence-electron chi connectivity index (χ2n) is 4.75. The average Bonchev–Trinajstić information content (AvgIpc) is 2.34. The molecule has 0 spiro atoms. The van der Waals surface area contributed by atoms with Crippen LogP contribution >= 0.6 is 0 Å². The van der Waals surface area contributed by atoms with Gasteiger partial charge in [0, 0.05) is 13.1 Å². The predicted molar refractivity (Wildman–Crippen MR) is 71.2 cm³/mol. The van der Waals surface area contributed by atoms with E-state index < -0.39 is 12.1 Å². The Morgan fingerprint density at radius 3 is 2.21 bits per heavy atom. The summed E-state index contributed by atoms with van der Waals surface area (Å²) in [4.78, 5) is 1.81. The Balaban J connectivity index is 2.77. The fourth-order valence-electron chi connectivity index (χ4n) is 2.12. The quantitative estimate of drug-likeness (QED) is 0.609. The first-order valence-corrected chi connectivity index (χ1v) is 6.16. The van der Waals surface area contributed by atoms with E-state index in [0.29, 0.717) is 24.4 Å². The number of piperidine rings is 1. The molecule has 0 atom stereocenters. The molecule has 0 aliphatic carbocycles. The lowest BCUT2D eigenvalue weighted by atomic mass is 9.95. The number of nitrogens with one attached hydrogen (secondary N) is 1. The van der Waals surface area contributed by atoms with Crippen molar-refractivity contribution in [3.63, 3.8) is 0 Å². The molecule has 1 rings (SSSR count). The zero-order valence-electron chi connectivity index (χ0n) is 11.1. The number of rotatable bonds is 4. The molecule has 0 aromatic carbocycles. The third-order valence-electron chi connectivity index (χ3n) is 3.26. The number of allylic oxidation sites excluding steroid dienone is 3. The van der Waals surface area contributed by atoms with E-state index in [1.165, 1.54) is 0 Å². The lowest BCUT2D eigenvalue weighted by molar-refractivity contribution is -0.183. The van der Waals surface area contributed by atoms with E-state index in [-0.39, 0.29) is 18.6 Å². The van der Waals surface area contributed by atoms with E-state index in [0.717, 1.165) is 0 Å². The third kappa shape index (κ3) is 3.98. The summed E-state index contributed by atoms with van der Waals surface area (Å²) < 4.78 is 37.8. The number of likely N-dealkylation sites (tertiary alicyclic amines) is 1. The first-order chi connectivity index (χ1) is 8.77. The molecule has 0 saturated carbocycles. The monoisotopic (exact) mass is 272 g/mol. The largest absolute Gasteiger partial charge is 0.391 e. The normalized spacial score (nSPS) is 18.3. The van der Waals surface area contributed by atoms with Crippen LogP contribution in [0.5, 0.6) is 0 Å². The maximum Gasteiger partial charge on any atom is 0.391 e. The molecule has 2 nitrogen and oxygen atoms in total.